The number of hydrogen-bond acceptors (Lipinski definition) is 3. The van der Waals surface area contributed by atoms with Crippen LogP contribution in [-0.2, 0) is 5.60 Å². The van der Waals surface area contributed by atoms with Crippen molar-refractivity contribution in [1.29, 1.82) is 0 Å². The first-order valence-electron chi connectivity index (χ1n) is 4.96. The Morgan fingerprint density at radius 2 is 1.69 bits per heavy atom. The van der Waals surface area contributed by atoms with Crippen LogP contribution in [0.4, 0.5) is 0 Å². The minimum Gasteiger partial charge on any atom is -0.495 e. The number of benzene rings is 1. The molecule has 0 saturated heterocycles. The molecule has 0 aliphatic carbocycles. The lowest BCUT2D eigenvalue weighted by atomic mass is 9.95. The Bertz CT molecular complexity index is 394. The molecule has 0 aliphatic heterocycles. The number of ether oxygens (including phenoxy) is 2. The molecular formula is C12H17ClO3. The Hall–Kier alpha value is -0.930. The summed E-state index contributed by atoms with van der Waals surface area (Å²) < 4.78 is 10.4. The van der Waals surface area contributed by atoms with E-state index in [2.05, 4.69) is 0 Å². The zero-order valence-corrected chi connectivity index (χ0v) is 11.0. The lowest BCUT2D eigenvalue weighted by molar-refractivity contribution is 0.0755. The maximum absolute atomic E-state index is 10.0. The van der Waals surface area contributed by atoms with E-state index in [0.29, 0.717) is 22.1 Å². The Morgan fingerprint density at radius 1 is 1.19 bits per heavy atom. The first kappa shape index (κ1) is 13.1. The van der Waals surface area contributed by atoms with E-state index in [9.17, 15) is 5.11 Å². The van der Waals surface area contributed by atoms with Gasteiger partial charge in [-0.15, -0.1) is 0 Å². The van der Waals surface area contributed by atoms with Crippen molar-refractivity contribution in [2.75, 3.05) is 14.2 Å². The predicted octanol–water partition coefficient (Wildman–Crippen LogP) is 2.89. The highest BCUT2D eigenvalue weighted by molar-refractivity contribution is 6.33. The molecule has 1 rings (SSSR count). The molecule has 1 N–H and O–H groups in total. The van der Waals surface area contributed by atoms with Crippen molar-refractivity contribution in [3.8, 4) is 11.5 Å². The summed E-state index contributed by atoms with van der Waals surface area (Å²) in [5.41, 5.74) is 0.509. The summed E-state index contributed by atoms with van der Waals surface area (Å²) in [7, 11) is 3.07. The molecular weight excluding hydrogens is 228 g/mol. The average Bonchev–Trinajstić information content (AvgIpc) is 2.16. The smallest absolute Gasteiger partial charge is 0.147 e. The molecule has 3 nitrogen and oxygen atoms in total. The average molecular weight is 245 g/mol. The third kappa shape index (κ3) is 2.25. The number of aryl methyl sites for hydroxylation is 1. The summed E-state index contributed by atoms with van der Waals surface area (Å²) in [4.78, 5) is 0. The zero-order valence-electron chi connectivity index (χ0n) is 10.2. The van der Waals surface area contributed by atoms with Crippen LogP contribution < -0.4 is 9.47 Å². The van der Waals surface area contributed by atoms with Gasteiger partial charge in [0.1, 0.15) is 16.5 Å². The van der Waals surface area contributed by atoms with Crippen molar-refractivity contribution >= 4 is 11.6 Å². The molecule has 0 spiro atoms. The van der Waals surface area contributed by atoms with Gasteiger partial charge in [-0.3, -0.25) is 0 Å². The Kier molecular flexibility index (Phi) is 3.71. The van der Waals surface area contributed by atoms with Crippen LogP contribution in [0.3, 0.4) is 0 Å². The summed E-state index contributed by atoms with van der Waals surface area (Å²) in [6.45, 7) is 5.25. The monoisotopic (exact) mass is 244 g/mol. The quantitative estimate of drug-likeness (QED) is 0.889. The molecule has 16 heavy (non-hydrogen) atoms. The van der Waals surface area contributed by atoms with Crippen LogP contribution in [0, 0.1) is 6.92 Å². The van der Waals surface area contributed by atoms with E-state index < -0.39 is 5.60 Å². The second-order valence-corrected chi connectivity index (χ2v) is 4.56. The highest BCUT2D eigenvalue weighted by Gasteiger charge is 2.26. The number of methoxy groups -OCH3 is 2. The molecule has 1 aromatic carbocycles. The van der Waals surface area contributed by atoms with E-state index in [4.69, 9.17) is 21.1 Å². The van der Waals surface area contributed by atoms with E-state index in [1.807, 2.05) is 13.0 Å². The predicted molar refractivity (Wildman–Crippen MR) is 64.5 cm³/mol. The van der Waals surface area contributed by atoms with Crippen molar-refractivity contribution in [2.45, 2.75) is 26.4 Å². The summed E-state index contributed by atoms with van der Waals surface area (Å²) in [5, 5.41) is 10.4. The van der Waals surface area contributed by atoms with Gasteiger partial charge in [0, 0.05) is 5.56 Å². The summed E-state index contributed by atoms with van der Waals surface area (Å²) in [6, 6.07) is 1.82. The van der Waals surface area contributed by atoms with Crippen LogP contribution in [0.5, 0.6) is 11.5 Å². The molecule has 4 heteroatoms. The van der Waals surface area contributed by atoms with E-state index in [1.54, 1.807) is 21.0 Å². The molecule has 0 saturated carbocycles. The van der Waals surface area contributed by atoms with Crippen molar-refractivity contribution in [1.82, 2.24) is 0 Å². The second kappa shape index (κ2) is 4.52. The first-order chi connectivity index (χ1) is 7.32. The summed E-state index contributed by atoms with van der Waals surface area (Å²) >= 11 is 6.16. The van der Waals surface area contributed by atoms with Gasteiger partial charge in [0.05, 0.1) is 19.8 Å². The summed E-state index contributed by atoms with van der Waals surface area (Å²) in [6.07, 6.45) is 0. The molecule has 0 bridgehead atoms. The highest BCUT2D eigenvalue weighted by atomic mass is 35.5. The Labute approximate surface area is 101 Å². The maximum atomic E-state index is 10.0. The summed E-state index contributed by atoms with van der Waals surface area (Å²) in [5.74, 6) is 1.03. The van der Waals surface area contributed by atoms with Gasteiger partial charge in [-0.1, -0.05) is 11.6 Å². The van der Waals surface area contributed by atoms with Crippen molar-refractivity contribution in [3.05, 3.63) is 22.2 Å². The lowest BCUT2D eigenvalue weighted by Gasteiger charge is -2.23. The Morgan fingerprint density at radius 3 is 2.06 bits per heavy atom. The largest absolute Gasteiger partial charge is 0.495 e. The molecule has 0 aromatic heterocycles. The van der Waals surface area contributed by atoms with Crippen LogP contribution in [0.25, 0.3) is 0 Å². The normalized spacial score (nSPS) is 11.4. The van der Waals surface area contributed by atoms with Gasteiger partial charge >= 0.3 is 0 Å². The van der Waals surface area contributed by atoms with Crippen molar-refractivity contribution in [2.24, 2.45) is 0 Å². The molecule has 0 amide bonds. The van der Waals surface area contributed by atoms with Crippen LogP contribution in [0.1, 0.15) is 25.0 Å². The van der Waals surface area contributed by atoms with E-state index >= 15 is 0 Å². The fraction of sp³-hybridized carbons (Fsp3) is 0.500. The van der Waals surface area contributed by atoms with Gasteiger partial charge in [0.2, 0.25) is 0 Å². The molecule has 1 aromatic rings. The van der Waals surface area contributed by atoms with E-state index in [1.165, 1.54) is 7.11 Å². The van der Waals surface area contributed by atoms with Crippen LogP contribution >= 0.6 is 11.6 Å². The second-order valence-electron chi connectivity index (χ2n) is 4.18. The number of halogens is 1. The fourth-order valence-electron chi connectivity index (χ4n) is 1.65. The SMILES string of the molecule is COc1c(C)cc(C(C)(C)O)c(OC)c1Cl. The molecule has 0 unspecified atom stereocenters. The van der Waals surface area contributed by atoms with E-state index in [0.717, 1.165) is 5.56 Å². The standard InChI is InChI=1S/C12H17ClO3/c1-7-6-8(12(2,3)14)11(16-5)9(13)10(7)15-4/h6,14H,1-5H3. The van der Waals surface area contributed by atoms with Gasteiger partial charge in [-0.2, -0.15) is 0 Å². The molecule has 0 heterocycles. The van der Waals surface area contributed by atoms with Crippen LogP contribution in [-0.4, -0.2) is 19.3 Å². The maximum Gasteiger partial charge on any atom is 0.147 e. The lowest BCUT2D eigenvalue weighted by Crippen LogP contribution is -2.17. The highest BCUT2D eigenvalue weighted by Crippen LogP contribution is 2.43. The van der Waals surface area contributed by atoms with Crippen molar-refractivity contribution < 1.29 is 14.6 Å². The molecule has 0 fully saturated rings. The van der Waals surface area contributed by atoms with E-state index in [-0.39, 0.29) is 0 Å². The zero-order chi connectivity index (χ0) is 12.5. The van der Waals surface area contributed by atoms with Gasteiger partial charge in [-0.25, -0.2) is 0 Å². The topological polar surface area (TPSA) is 38.7 Å². The molecule has 90 valence electrons. The number of aliphatic hydroxyl groups is 1. The fourth-order valence-corrected chi connectivity index (χ4v) is 2.05. The molecule has 0 radical (unpaired) electrons. The third-order valence-electron chi connectivity index (χ3n) is 2.43. The van der Waals surface area contributed by atoms with Gasteiger partial charge in [0.15, 0.2) is 0 Å². The van der Waals surface area contributed by atoms with Crippen LogP contribution in [0.2, 0.25) is 5.02 Å². The minimum atomic E-state index is -1.01. The molecule has 0 aliphatic rings. The van der Waals surface area contributed by atoms with Crippen LogP contribution in [0.15, 0.2) is 6.07 Å². The first-order valence-corrected chi connectivity index (χ1v) is 5.34. The Balaban J connectivity index is 3.53. The minimum absolute atomic E-state index is 0.391. The van der Waals surface area contributed by atoms with Gasteiger partial charge in [0.25, 0.3) is 0 Å². The number of hydrogen-bond donors (Lipinski definition) is 1. The third-order valence-corrected chi connectivity index (χ3v) is 2.77. The van der Waals surface area contributed by atoms with Gasteiger partial charge in [-0.05, 0) is 32.4 Å². The van der Waals surface area contributed by atoms with Crippen molar-refractivity contribution in [3.63, 3.8) is 0 Å². The van der Waals surface area contributed by atoms with Gasteiger partial charge < -0.3 is 14.6 Å². The molecule has 0 atom stereocenters. The number of rotatable bonds is 3.